The second-order valence-electron chi connectivity index (χ2n) is 6.94. The first-order valence-electron chi connectivity index (χ1n) is 10.1. The van der Waals surface area contributed by atoms with Crippen LogP contribution in [0.2, 0.25) is 0 Å². The van der Waals surface area contributed by atoms with Gasteiger partial charge in [-0.1, -0.05) is 50.8 Å². The van der Waals surface area contributed by atoms with Gasteiger partial charge in [-0.25, -0.2) is 0 Å². The minimum absolute atomic E-state index is 0.0627. The Kier molecular flexibility index (Phi) is 9.70. The molecule has 0 aliphatic heterocycles. The van der Waals surface area contributed by atoms with E-state index in [1.54, 1.807) is 7.11 Å². The van der Waals surface area contributed by atoms with E-state index in [1.165, 1.54) is 31.2 Å². The number of unbranched alkanes of at least 4 members (excludes halogenated alkanes) is 4. The van der Waals surface area contributed by atoms with Crippen molar-refractivity contribution < 1.29 is 14.3 Å². The summed E-state index contributed by atoms with van der Waals surface area (Å²) in [6, 6.07) is 7.84. The monoisotopic (exact) mass is 371 g/mol. The van der Waals surface area contributed by atoms with Crippen molar-refractivity contribution in [3.05, 3.63) is 59.4 Å². The maximum Gasteiger partial charge on any atom is 0.251 e. The molecule has 1 aromatic carbocycles. The molecule has 0 saturated heterocycles. The van der Waals surface area contributed by atoms with E-state index in [4.69, 9.17) is 9.47 Å². The van der Waals surface area contributed by atoms with Crippen molar-refractivity contribution in [2.24, 2.45) is 0 Å². The number of carbonyl (C=O) groups is 1. The molecule has 0 radical (unpaired) electrons. The first-order valence-corrected chi connectivity index (χ1v) is 10.1. The van der Waals surface area contributed by atoms with Gasteiger partial charge in [0.15, 0.2) is 0 Å². The SMILES string of the molecule is CCCCCCCOC1=CCC(c2ccc(C(=O)NCCOC)cc2)C=C1. The lowest BCUT2D eigenvalue weighted by atomic mass is 9.91. The fraction of sp³-hybridized carbons (Fsp3) is 0.522. The highest BCUT2D eigenvalue weighted by atomic mass is 16.5. The molecular weight excluding hydrogens is 338 g/mol. The van der Waals surface area contributed by atoms with Gasteiger partial charge in [0.05, 0.1) is 13.2 Å². The van der Waals surface area contributed by atoms with Crippen molar-refractivity contribution >= 4 is 5.91 Å². The summed E-state index contributed by atoms with van der Waals surface area (Å²) < 4.78 is 10.8. The predicted molar refractivity (Wildman–Crippen MR) is 110 cm³/mol. The minimum Gasteiger partial charge on any atom is -0.494 e. The number of benzene rings is 1. The molecule has 1 unspecified atom stereocenters. The van der Waals surface area contributed by atoms with E-state index in [0.29, 0.717) is 24.6 Å². The molecule has 1 amide bonds. The molecule has 0 fully saturated rings. The molecule has 27 heavy (non-hydrogen) atoms. The van der Waals surface area contributed by atoms with Crippen LogP contribution in [0.25, 0.3) is 0 Å². The highest BCUT2D eigenvalue weighted by molar-refractivity contribution is 5.94. The topological polar surface area (TPSA) is 47.6 Å². The Morgan fingerprint density at radius 3 is 2.56 bits per heavy atom. The molecule has 1 N–H and O–H groups in total. The van der Waals surface area contributed by atoms with Crippen LogP contribution in [-0.2, 0) is 9.47 Å². The van der Waals surface area contributed by atoms with Gasteiger partial charge in [0.2, 0.25) is 0 Å². The zero-order valence-electron chi connectivity index (χ0n) is 16.7. The van der Waals surface area contributed by atoms with E-state index < -0.39 is 0 Å². The van der Waals surface area contributed by atoms with Crippen molar-refractivity contribution in [2.75, 3.05) is 26.9 Å². The van der Waals surface area contributed by atoms with Crippen LogP contribution in [0.1, 0.15) is 67.3 Å². The number of amides is 1. The number of methoxy groups -OCH3 is 1. The quantitative estimate of drug-likeness (QED) is 0.527. The molecule has 148 valence electrons. The normalized spacial score (nSPS) is 16.1. The molecule has 0 heterocycles. The zero-order valence-corrected chi connectivity index (χ0v) is 16.7. The van der Waals surface area contributed by atoms with E-state index in [-0.39, 0.29) is 5.91 Å². The lowest BCUT2D eigenvalue weighted by molar-refractivity contribution is 0.0937. The highest BCUT2D eigenvalue weighted by Crippen LogP contribution is 2.27. The summed E-state index contributed by atoms with van der Waals surface area (Å²) in [5.74, 6) is 1.26. The molecular formula is C23H33NO3. The van der Waals surface area contributed by atoms with Gasteiger partial charge in [-0.2, -0.15) is 0 Å². The van der Waals surface area contributed by atoms with E-state index in [9.17, 15) is 4.79 Å². The van der Waals surface area contributed by atoms with E-state index >= 15 is 0 Å². The van der Waals surface area contributed by atoms with E-state index in [0.717, 1.165) is 25.2 Å². The summed E-state index contributed by atoms with van der Waals surface area (Å²) >= 11 is 0. The van der Waals surface area contributed by atoms with Gasteiger partial charge in [0.25, 0.3) is 5.91 Å². The Balaban J connectivity index is 1.74. The molecule has 4 heteroatoms. The standard InChI is InChI=1S/C23H33NO3/c1-3-4-5-6-7-17-27-22-14-12-20(13-15-22)19-8-10-21(11-9-19)23(25)24-16-18-26-2/h8-12,14-15,20H,3-7,13,16-18H2,1-2H3,(H,24,25). The van der Waals surface area contributed by atoms with E-state index in [2.05, 4.69) is 30.5 Å². The largest absolute Gasteiger partial charge is 0.494 e. The average Bonchev–Trinajstić information content (AvgIpc) is 2.71. The van der Waals surface area contributed by atoms with Gasteiger partial charge >= 0.3 is 0 Å². The number of hydrogen-bond donors (Lipinski definition) is 1. The number of rotatable bonds is 12. The molecule has 4 nitrogen and oxygen atoms in total. The summed E-state index contributed by atoms with van der Waals surface area (Å²) in [6.45, 7) is 4.08. The first-order chi connectivity index (χ1) is 13.2. The second kappa shape index (κ2) is 12.3. The van der Waals surface area contributed by atoms with Crippen LogP contribution in [0.3, 0.4) is 0 Å². The van der Waals surface area contributed by atoms with Crippen molar-refractivity contribution in [1.29, 1.82) is 0 Å². The van der Waals surface area contributed by atoms with Gasteiger partial charge in [-0.05, 0) is 42.7 Å². The van der Waals surface area contributed by atoms with Crippen LogP contribution < -0.4 is 5.32 Å². The van der Waals surface area contributed by atoms with Gasteiger partial charge in [-0.3, -0.25) is 4.79 Å². The van der Waals surface area contributed by atoms with Gasteiger partial charge < -0.3 is 14.8 Å². The fourth-order valence-electron chi connectivity index (χ4n) is 3.10. The van der Waals surface area contributed by atoms with Gasteiger partial charge in [0.1, 0.15) is 5.76 Å². The molecule has 0 saturated carbocycles. The fourth-order valence-corrected chi connectivity index (χ4v) is 3.10. The van der Waals surface area contributed by atoms with Crippen LogP contribution in [0.15, 0.2) is 48.3 Å². The van der Waals surface area contributed by atoms with Crippen LogP contribution in [-0.4, -0.2) is 32.8 Å². The number of hydrogen-bond acceptors (Lipinski definition) is 3. The Bertz CT molecular complexity index is 619. The molecule has 1 atom stereocenters. The average molecular weight is 372 g/mol. The van der Waals surface area contributed by atoms with E-state index in [1.807, 2.05) is 24.3 Å². The minimum atomic E-state index is -0.0627. The maximum atomic E-state index is 12.0. The smallest absolute Gasteiger partial charge is 0.251 e. The van der Waals surface area contributed by atoms with Crippen molar-refractivity contribution in [2.45, 2.75) is 51.4 Å². The van der Waals surface area contributed by atoms with Crippen LogP contribution in [0, 0.1) is 0 Å². The summed E-state index contributed by atoms with van der Waals surface area (Å²) in [5, 5.41) is 2.84. The van der Waals surface area contributed by atoms with Crippen LogP contribution in [0.5, 0.6) is 0 Å². The predicted octanol–water partition coefficient (Wildman–Crippen LogP) is 4.98. The van der Waals surface area contributed by atoms with Crippen LogP contribution >= 0.6 is 0 Å². The molecule has 2 rings (SSSR count). The van der Waals surface area contributed by atoms with Gasteiger partial charge in [0, 0.05) is 25.1 Å². The molecule has 0 bridgehead atoms. The van der Waals surface area contributed by atoms with Crippen molar-refractivity contribution in [3.63, 3.8) is 0 Å². The molecule has 1 aliphatic rings. The number of nitrogens with one attached hydrogen (secondary N) is 1. The lowest BCUT2D eigenvalue weighted by Crippen LogP contribution is -2.26. The molecule has 1 aliphatic carbocycles. The van der Waals surface area contributed by atoms with Crippen molar-refractivity contribution in [1.82, 2.24) is 5.32 Å². The van der Waals surface area contributed by atoms with Crippen LogP contribution in [0.4, 0.5) is 0 Å². The highest BCUT2D eigenvalue weighted by Gasteiger charge is 2.13. The summed E-state index contributed by atoms with van der Waals surface area (Å²) in [4.78, 5) is 12.0. The Morgan fingerprint density at radius 2 is 1.89 bits per heavy atom. The second-order valence-corrected chi connectivity index (χ2v) is 6.94. The summed E-state index contributed by atoms with van der Waals surface area (Å²) in [7, 11) is 1.62. The van der Waals surface area contributed by atoms with Crippen molar-refractivity contribution in [3.8, 4) is 0 Å². The summed E-state index contributed by atoms with van der Waals surface area (Å²) in [5.41, 5.74) is 1.90. The third-order valence-electron chi connectivity index (χ3n) is 4.78. The maximum absolute atomic E-state index is 12.0. The molecule has 1 aromatic rings. The number of carbonyl (C=O) groups excluding carboxylic acids is 1. The number of ether oxygens (including phenoxy) is 2. The third-order valence-corrected chi connectivity index (χ3v) is 4.78. The Labute approximate surface area is 163 Å². The molecule has 0 spiro atoms. The Hall–Kier alpha value is -2.07. The van der Waals surface area contributed by atoms with Gasteiger partial charge in [-0.15, -0.1) is 0 Å². The first kappa shape index (κ1) is 21.2. The number of allylic oxidation sites excluding steroid dienone is 3. The third kappa shape index (κ3) is 7.59. The Morgan fingerprint density at radius 1 is 1.11 bits per heavy atom. The summed E-state index contributed by atoms with van der Waals surface area (Å²) in [6.07, 6.45) is 13.6. The molecule has 0 aromatic heterocycles. The zero-order chi connectivity index (χ0) is 19.3. The lowest BCUT2D eigenvalue weighted by Gasteiger charge is -2.17.